The second-order valence-corrected chi connectivity index (χ2v) is 6.94. The monoisotopic (exact) mass is 375 g/mol. The molecule has 0 aromatic heterocycles. The van der Waals surface area contributed by atoms with Crippen molar-refractivity contribution < 1.29 is 4.39 Å². The highest BCUT2D eigenvalue weighted by Gasteiger charge is 2.38. The van der Waals surface area contributed by atoms with Gasteiger partial charge in [-0.3, -0.25) is 9.80 Å². The Balaban J connectivity index is 1.93. The Bertz CT molecular complexity index is 520. The summed E-state index contributed by atoms with van der Waals surface area (Å²) in [4.78, 5) is 4.94. The predicted octanol–water partition coefficient (Wildman–Crippen LogP) is 2.89. The SMILES string of the molecule is CCNC(c1ccc(Br)c(Cl)c1F)C1CN2CCN1CC2. The fraction of sp³-hybridized carbons (Fsp3) is 0.600. The highest BCUT2D eigenvalue weighted by Crippen LogP contribution is 2.34. The van der Waals surface area contributed by atoms with Gasteiger partial charge in [0.25, 0.3) is 0 Å². The number of benzene rings is 1. The molecule has 2 atom stereocenters. The molecule has 116 valence electrons. The zero-order valence-electron chi connectivity index (χ0n) is 12.1. The van der Waals surface area contributed by atoms with Gasteiger partial charge in [0, 0.05) is 48.8 Å². The Morgan fingerprint density at radius 3 is 2.67 bits per heavy atom. The van der Waals surface area contributed by atoms with Crippen LogP contribution in [0.2, 0.25) is 5.02 Å². The lowest BCUT2D eigenvalue weighted by atomic mass is 9.93. The Morgan fingerprint density at radius 2 is 2.10 bits per heavy atom. The number of hydrogen-bond donors (Lipinski definition) is 1. The summed E-state index contributed by atoms with van der Waals surface area (Å²) in [6.07, 6.45) is 0. The molecule has 3 nitrogen and oxygen atoms in total. The minimum Gasteiger partial charge on any atom is -0.309 e. The van der Waals surface area contributed by atoms with E-state index >= 15 is 0 Å². The molecule has 0 spiro atoms. The number of nitrogens with zero attached hydrogens (tertiary/aromatic N) is 2. The molecule has 3 fully saturated rings. The van der Waals surface area contributed by atoms with Gasteiger partial charge < -0.3 is 5.32 Å². The molecule has 0 amide bonds. The Hall–Kier alpha value is -0.200. The first kappa shape index (κ1) is 15.7. The van der Waals surface area contributed by atoms with Crippen LogP contribution in [-0.2, 0) is 0 Å². The smallest absolute Gasteiger partial charge is 0.147 e. The second-order valence-electron chi connectivity index (χ2n) is 5.70. The fourth-order valence-electron chi connectivity index (χ4n) is 3.43. The van der Waals surface area contributed by atoms with E-state index in [1.54, 1.807) is 0 Å². The lowest BCUT2D eigenvalue weighted by Gasteiger charge is -2.50. The number of rotatable bonds is 4. The first-order valence-electron chi connectivity index (χ1n) is 7.45. The van der Waals surface area contributed by atoms with Crippen LogP contribution in [0.1, 0.15) is 18.5 Å². The third-order valence-electron chi connectivity index (χ3n) is 4.53. The van der Waals surface area contributed by atoms with Crippen molar-refractivity contribution in [3.8, 4) is 0 Å². The van der Waals surface area contributed by atoms with Crippen LogP contribution in [0.3, 0.4) is 0 Å². The molecule has 2 bridgehead atoms. The van der Waals surface area contributed by atoms with E-state index in [4.69, 9.17) is 11.6 Å². The second kappa shape index (κ2) is 6.50. The molecule has 6 heteroatoms. The fourth-order valence-corrected chi connectivity index (χ4v) is 3.91. The summed E-state index contributed by atoms with van der Waals surface area (Å²) < 4.78 is 15.2. The third-order valence-corrected chi connectivity index (χ3v) is 5.79. The van der Waals surface area contributed by atoms with Gasteiger partial charge in [-0.2, -0.15) is 0 Å². The van der Waals surface area contributed by atoms with Gasteiger partial charge in [0.05, 0.1) is 11.1 Å². The third kappa shape index (κ3) is 2.99. The Morgan fingerprint density at radius 1 is 1.38 bits per heavy atom. The van der Waals surface area contributed by atoms with Gasteiger partial charge in [0.1, 0.15) is 5.82 Å². The average Bonchev–Trinajstić information content (AvgIpc) is 2.52. The van der Waals surface area contributed by atoms with Crippen molar-refractivity contribution in [3.05, 3.63) is 33.0 Å². The topological polar surface area (TPSA) is 18.5 Å². The normalized spacial score (nSPS) is 29.6. The summed E-state index contributed by atoms with van der Waals surface area (Å²) >= 11 is 9.36. The molecule has 0 saturated carbocycles. The average molecular weight is 377 g/mol. The van der Waals surface area contributed by atoms with E-state index in [2.05, 4.69) is 38.0 Å². The molecule has 3 saturated heterocycles. The minimum atomic E-state index is -0.311. The van der Waals surface area contributed by atoms with Crippen LogP contribution in [0.5, 0.6) is 0 Å². The molecule has 3 heterocycles. The number of nitrogens with one attached hydrogen (secondary N) is 1. The van der Waals surface area contributed by atoms with Crippen LogP contribution in [0.4, 0.5) is 4.39 Å². The molecule has 21 heavy (non-hydrogen) atoms. The lowest BCUT2D eigenvalue weighted by Crippen LogP contribution is -2.64. The van der Waals surface area contributed by atoms with Crippen LogP contribution in [0, 0.1) is 5.82 Å². The quantitative estimate of drug-likeness (QED) is 0.815. The molecular formula is C15H20BrClFN3. The highest BCUT2D eigenvalue weighted by molar-refractivity contribution is 9.10. The number of hydrogen-bond acceptors (Lipinski definition) is 3. The molecule has 0 radical (unpaired) electrons. The van der Waals surface area contributed by atoms with Crippen molar-refractivity contribution in [2.75, 3.05) is 39.3 Å². The molecule has 1 aromatic rings. The highest BCUT2D eigenvalue weighted by atomic mass is 79.9. The van der Waals surface area contributed by atoms with Crippen molar-refractivity contribution in [2.24, 2.45) is 0 Å². The van der Waals surface area contributed by atoms with Crippen molar-refractivity contribution in [3.63, 3.8) is 0 Å². The lowest BCUT2D eigenvalue weighted by molar-refractivity contribution is -0.00393. The molecular weight excluding hydrogens is 357 g/mol. The summed E-state index contributed by atoms with van der Waals surface area (Å²) in [7, 11) is 0. The zero-order chi connectivity index (χ0) is 15.0. The van der Waals surface area contributed by atoms with Gasteiger partial charge in [0.15, 0.2) is 0 Å². The maximum Gasteiger partial charge on any atom is 0.147 e. The van der Waals surface area contributed by atoms with Gasteiger partial charge >= 0.3 is 0 Å². The standard InChI is InChI=1S/C15H20BrClFN3/c1-2-19-15(10-3-4-11(16)13(17)14(10)18)12-9-20-5-7-21(12)8-6-20/h3-4,12,15,19H,2,5-9H2,1H3. The Kier molecular flexibility index (Phi) is 4.86. The number of likely N-dealkylation sites (N-methyl/N-ethyl adjacent to an activating group) is 1. The van der Waals surface area contributed by atoms with Crippen LogP contribution < -0.4 is 5.32 Å². The van der Waals surface area contributed by atoms with E-state index in [0.717, 1.165) is 39.3 Å². The van der Waals surface area contributed by atoms with E-state index in [1.165, 1.54) is 0 Å². The van der Waals surface area contributed by atoms with Crippen molar-refractivity contribution in [1.29, 1.82) is 0 Å². The number of piperazine rings is 3. The largest absolute Gasteiger partial charge is 0.309 e. The predicted molar refractivity (Wildman–Crippen MR) is 87.3 cm³/mol. The molecule has 1 aromatic carbocycles. The van der Waals surface area contributed by atoms with Crippen LogP contribution in [0.25, 0.3) is 0 Å². The maximum absolute atomic E-state index is 14.6. The first-order valence-corrected chi connectivity index (χ1v) is 8.62. The molecule has 2 unspecified atom stereocenters. The van der Waals surface area contributed by atoms with E-state index in [1.807, 2.05) is 12.1 Å². The molecule has 3 aliphatic heterocycles. The van der Waals surface area contributed by atoms with Crippen molar-refractivity contribution >= 4 is 27.5 Å². The maximum atomic E-state index is 14.6. The van der Waals surface area contributed by atoms with E-state index in [0.29, 0.717) is 16.1 Å². The van der Waals surface area contributed by atoms with Gasteiger partial charge in [-0.1, -0.05) is 24.6 Å². The van der Waals surface area contributed by atoms with E-state index in [-0.39, 0.29) is 16.9 Å². The van der Waals surface area contributed by atoms with Gasteiger partial charge in [-0.05, 0) is 28.5 Å². The molecule has 4 rings (SSSR count). The van der Waals surface area contributed by atoms with E-state index < -0.39 is 0 Å². The number of fused-ring (bicyclic) bond motifs is 3. The van der Waals surface area contributed by atoms with Crippen LogP contribution in [0.15, 0.2) is 16.6 Å². The minimum absolute atomic E-state index is 0.0244. The summed E-state index contributed by atoms with van der Waals surface area (Å²) in [5.41, 5.74) is 0.670. The molecule has 3 aliphatic rings. The first-order chi connectivity index (χ1) is 10.1. The van der Waals surface area contributed by atoms with Crippen LogP contribution >= 0.6 is 27.5 Å². The van der Waals surface area contributed by atoms with Crippen molar-refractivity contribution in [1.82, 2.24) is 15.1 Å². The van der Waals surface area contributed by atoms with E-state index in [9.17, 15) is 4.39 Å². The summed E-state index contributed by atoms with van der Waals surface area (Å²) in [5, 5.41) is 3.63. The van der Waals surface area contributed by atoms with Gasteiger partial charge in [-0.25, -0.2) is 4.39 Å². The van der Waals surface area contributed by atoms with Crippen molar-refractivity contribution in [2.45, 2.75) is 19.0 Å². The zero-order valence-corrected chi connectivity index (χ0v) is 14.4. The Labute approximate surface area is 138 Å². The summed E-state index contributed by atoms with van der Waals surface area (Å²) in [6, 6.07) is 3.96. The summed E-state index contributed by atoms with van der Waals surface area (Å²) in [5.74, 6) is -0.311. The van der Waals surface area contributed by atoms with Gasteiger partial charge in [0.2, 0.25) is 0 Å². The van der Waals surface area contributed by atoms with Crippen LogP contribution in [-0.4, -0.2) is 55.1 Å². The summed E-state index contributed by atoms with van der Waals surface area (Å²) in [6.45, 7) is 8.24. The number of halogens is 3. The molecule has 1 N–H and O–H groups in total. The van der Waals surface area contributed by atoms with Gasteiger partial charge in [-0.15, -0.1) is 0 Å². The molecule has 0 aliphatic carbocycles.